The average Bonchev–Trinajstić information content (AvgIpc) is 2.46. The minimum Gasteiger partial charge on any atom is -0.494 e. The second kappa shape index (κ2) is 6.58. The summed E-state index contributed by atoms with van der Waals surface area (Å²) in [6, 6.07) is 8.47. The molecule has 110 valence electrons. The van der Waals surface area contributed by atoms with Crippen molar-refractivity contribution in [2.75, 3.05) is 7.11 Å². The summed E-state index contributed by atoms with van der Waals surface area (Å²) in [5.41, 5.74) is 0.348. The van der Waals surface area contributed by atoms with E-state index in [9.17, 15) is 13.6 Å². The zero-order chi connectivity index (χ0) is 15.4. The minimum absolute atomic E-state index is 0.165. The highest BCUT2D eigenvalue weighted by Crippen LogP contribution is 2.27. The Morgan fingerprint density at radius 2 is 1.95 bits per heavy atom. The fourth-order valence-corrected chi connectivity index (χ4v) is 2.60. The van der Waals surface area contributed by atoms with E-state index in [1.165, 1.54) is 43.1 Å². The summed E-state index contributed by atoms with van der Waals surface area (Å²) in [5, 5.41) is 8.86. The Morgan fingerprint density at radius 1 is 1.19 bits per heavy atom. The van der Waals surface area contributed by atoms with Gasteiger partial charge in [-0.1, -0.05) is 6.07 Å². The van der Waals surface area contributed by atoms with Gasteiger partial charge in [-0.15, -0.1) is 11.8 Å². The molecule has 0 unspecified atom stereocenters. The van der Waals surface area contributed by atoms with Crippen LogP contribution in [0.3, 0.4) is 0 Å². The first-order valence-electron chi connectivity index (χ1n) is 5.99. The molecule has 0 heterocycles. The lowest BCUT2D eigenvalue weighted by atomic mass is 10.2. The number of benzene rings is 2. The molecular formula is C15H12F2O3S. The summed E-state index contributed by atoms with van der Waals surface area (Å²) in [4.78, 5) is 11.5. The van der Waals surface area contributed by atoms with Gasteiger partial charge in [-0.05, 0) is 35.9 Å². The predicted octanol–water partition coefficient (Wildman–Crippen LogP) is 3.96. The van der Waals surface area contributed by atoms with Crippen LogP contribution in [-0.4, -0.2) is 18.2 Å². The summed E-state index contributed by atoms with van der Waals surface area (Å²) < 4.78 is 31.6. The van der Waals surface area contributed by atoms with Crippen molar-refractivity contribution in [2.24, 2.45) is 0 Å². The van der Waals surface area contributed by atoms with Crippen LogP contribution in [0, 0.1) is 11.6 Å². The predicted molar refractivity (Wildman–Crippen MR) is 75.9 cm³/mol. The van der Waals surface area contributed by atoms with Crippen LogP contribution in [0.25, 0.3) is 0 Å². The minimum atomic E-state index is -1.31. The molecule has 2 aromatic rings. The molecule has 0 aliphatic rings. The van der Waals surface area contributed by atoms with E-state index >= 15 is 0 Å². The second-order valence-corrected chi connectivity index (χ2v) is 5.25. The van der Waals surface area contributed by atoms with Gasteiger partial charge < -0.3 is 9.84 Å². The zero-order valence-electron chi connectivity index (χ0n) is 11.1. The van der Waals surface area contributed by atoms with Crippen LogP contribution >= 0.6 is 11.8 Å². The molecule has 6 heteroatoms. The lowest BCUT2D eigenvalue weighted by Crippen LogP contribution is -2.00. The van der Waals surface area contributed by atoms with Crippen molar-refractivity contribution >= 4 is 17.7 Å². The first-order valence-corrected chi connectivity index (χ1v) is 6.98. The first-order chi connectivity index (χ1) is 10.0. The summed E-state index contributed by atoms with van der Waals surface area (Å²) in [7, 11) is 1.39. The molecule has 0 spiro atoms. The van der Waals surface area contributed by atoms with Gasteiger partial charge in [0, 0.05) is 10.6 Å². The molecule has 2 aromatic carbocycles. The zero-order valence-corrected chi connectivity index (χ0v) is 11.9. The molecule has 1 N–H and O–H groups in total. The van der Waals surface area contributed by atoms with E-state index in [0.29, 0.717) is 10.6 Å². The van der Waals surface area contributed by atoms with E-state index in [0.717, 1.165) is 11.6 Å². The van der Waals surface area contributed by atoms with Gasteiger partial charge in [-0.25, -0.2) is 13.6 Å². The standard InChI is InChI=1S/C15H12F2O3S/c1-20-14-5-2-9(6-13(14)17)8-21-10-3-4-12(16)11(7-10)15(18)19/h2-7H,8H2,1H3,(H,18,19). The molecule has 0 aromatic heterocycles. The second-order valence-electron chi connectivity index (χ2n) is 4.20. The molecule has 21 heavy (non-hydrogen) atoms. The number of carboxylic acids is 1. The average molecular weight is 310 g/mol. The first kappa shape index (κ1) is 15.3. The molecular weight excluding hydrogens is 298 g/mol. The van der Waals surface area contributed by atoms with Gasteiger partial charge in [0.25, 0.3) is 0 Å². The van der Waals surface area contributed by atoms with Gasteiger partial charge in [0.2, 0.25) is 0 Å². The summed E-state index contributed by atoms with van der Waals surface area (Å²) in [6.45, 7) is 0. The van der Waals surface area contributed by atoms with Gasteiger partial charge in [-0.2, -0.15) is 0 Å². The largest absolute Gasteiger partial charge is 0.494 e. The molecule has 0 radical (unpaired) electrons. The van der Waals surface area contributed by atoms with Crippen molar-refractivity contribution in [3.63, 3.8) is 0 Å². The number of hydrogen-bond acceptors (Lipinski definition) is 3. The maximum Gasteiger partial charge on any atom is 0.338 e. The van der Waals surface area contributed by atoms with Gasteiger partial charge in [-0.3, -0.25) is 0 Å². The van der Waals surface area contributed by atoms with E-state index < -0.39 is 17.6 Å². The van der Waals surface area contributed by atoms with Crippen LogP contribution in [0.1, 0.15) is 15.9 Å². The molecule has 0 atom stereocenters. The smallest absolute Gasteiger partial charge is 0.338 e. The third-order valence-corrected chi connectivity index (χ3v) is 3.85. The topological polar surface area (TPSA) is 46.5 Å². The number of thioether (sulfide) groups is 1. The fourth-order valence-electron chi connectivity index (χ4n) is 1.72. The summed E-state index contributed by atoms with van der Waals surface area (Å²) in [5.74, 6) is -1.95. The van der Waals surface area contributed by atoms with Gasteiger partial charge in [0.15, 0.2) is 11.6 Å². The van der Waals surface area contributed by atoms with Crippen molar-refractivity contribution in [3.8, 4) is 5.75 Å². The van der Waals surface area contributed by atoms with E-state index in [1.807, 2.05) is 0 Å². The third-order valence-electron chi connectivity index (χ3n) is 2.79. The molecule has 0 fully saturated rings. The Morgan fingerprint density at radius 3 is 2.57 bits per heavy atom. The van der Waals surface area contributed by atoms with Crippen LogP contribution in [0.4, 0.5) is 8.78 Å². The summed E-state index contributed by atoms with van der Waals surface area (Å²) in [6.07, 6.45) is 0. The van der Waals surface area contributed by atoms with Gasteiger partial charge >= 0.3 is 5.97 Å². The molecule has 0 bridgehead atoms. The fraction of sp³-hybridized carbons (Fsp3) is 0.133. The van der Waals surface area contributed by atoms with E-state index in [1.54, 1.807) is 6.07 Å². The third kappa shape index (κ3) is 3.72. The lowest BCUT2D eigenvalue weighted by molar-refractivity contribution is 0.0691. The normalized spacial score (nSPS) is 10.4. The molecule has 2 rings (SSSR count). The molecule has 0 aliphatic carbocycles. The Hall–Kier alpha value is -2.08. The van der Waals surface area contributed by atoms with Crippen molar-refractivity contribution in [2.45, 2.75) is 10.6 Å². The van der Waals surface area contributed by atoms with Crippen LogP contribution in [0.15, 0.2) is 41.3 Å². The number of carboxylic acid groups (broad SMARTS) is 1. The number of aromatic carboxylic acids is 1. The Kier molecular flexibility index (Phi) is 4.80. The van der Waals surface area contributed by atoms with Crippen molar-refractivity contribution in [1.29, 1.82) is 0 Å². The van der Waals surface area contributed by atoms with E-state index in [2.05, 4.69) is 0 Å². The monoisotopic (exact) mass is 310 g/mol. The highest BCUT2D eigenvalue weighted by atomic mass is 32.2. The highest BCUT2D eigenvalue weighted by Gasteiger charge is 2.11. The summed E-state index contributed by atoms with van der Waals surface area (Å²) >= 11 is 1.30. The van der Waals surface area contributed by atoms with Gasteiger partial charge in [0.05, 0.1) is 12.7 Å². The number of carbonyl (C=O) groups is 1. The Balaban J connectivity index is 2.11. The Bertz CT molecular complexity index is 674. The van der Waals surface area contributed by atoms with Gasteiger partial charge in [0.1, 0.15) is 5.82 Å². The molecule has 0 aliphatic heterocycles. The number of halogens is 2. The van der Waals surface area contributed by atoms with Crippen LogP contribution < -0.4 is 4.74 Å². The number of hydrogen-bond donors (Lipinski definition) is 1. The maximum atomic E-state index is 13.5. The van der Waals surface area contributed by atoms with Crippen molar-refractivity contribution < 1.29 is 23.4 Å². The van der Waals surface area contributed by atoms with Crippen molar-refractivity contribution in [3.05, 3.63) is 59.2 Å². The van der Waals surface area contributed by atoms with E-state index in [4.69, 9.17) is 9.84 Å². The van der Waals surface area contributed by atoms with Crippen molar-refractivity contribution in [1.82, 2.24) is 0 Å². The van der Waals surface area contributed by atoms with Crippen LogP contribution in [0.5, 0.6) is 5.75 Å². The molecule has 3 nitrogen and oxygen atoms in total. The van der Waals surface area contributed by atoms with Crippen LogP contribution in [0.2, 0.25) is 0 Å². The SMILES string of the molecule is COc1ccc(CSc2ccc(F)c(C(=O)O)c2)cc1F. The maximum absolute atomic E-state index is 13.5. The number of methoxy groups -OCH3 is 1. The Labute approximate surface area is 124 Å². The number of ether oxygens (including phenoxy) is 1. The van der Waals surface area contributed by atoms with E-state index in [-0.39, 0.29) is 11.3 Å². The van der Waals surface area contributed by atoms with Crippen LogP contribution in [-0.2, 0) is 5.75 Å². The molecule has 0 saturated heterocycles. The molecule has 0 saturated carbocycles. The number of rotatable bonds is 5. The molecule has 0 amide bonds. The lowest BCUT2D eigenvalue weighted by Gasteiger charge is -2.06. The highest BCUT2D eigenvalue weighted by molar-refractivity contribution is 7.98. The quantitative estimate of drug-likeness (QED) is 0.849.